The molecule has 0 bridgehead atoms. The lowest BCUT2D eigenvalue weighted by Crippen LogP contribution is -2.05. The van der Waals surface area contributed by atoms with Crippen LogP contribution in [0.5, 0.6) is 0 Å². The normalized spacial score (nSPS) is 11.5. The fraction of sp³-hybridized carbons (Fsp3) is 0.463. The number of aliphatic hydroxyl groups excluding tert-OH is 1. The molecule has 4 unspecified atom stereocenters. The third-order valence-corrected chi connectivity index (χ3v) is 10.3. The standard InChI is InChI=1S/C14H16.C12H16O2.C10H13Br.C10H13Cl.4C2H6/c1-3-11(2)13-10-6-8-12-7-4-5-9-14(12)13;1-3-9(2)10-5-4-6-11(7-10)12(14)8-13;1-3-8(2)9-5-4-6-10(11)7-9;1-3-8(2)9-4-6-10(11)7-5-9;4*1-2/h4-11H,3H2,1-2H3;4-7,9,13H,3,8H2,1-2H3;2*4-8H,3H2,1-2H3;4*1-2H3. The quantitative estimate of drug-likeness (QED) is 0.142. The van der Waals surface area contributed by atoms with Crippen molar-refractivity contribution in [1.82, 2.24) is 0 Å². The van der Waals surface area contributed by atoms with Gasteiger partial charge in [-0.25, -0.2) is 0 Å². The van der Waals surface area contributed by atoms with Crippen molar-refractivity contribution >= 4 is 44.1 Å². The Morgan fingerprint density at radius 3 is 1.45 bits per heavy atom. The van der Waals surface area contributed by atoms with E-state index in [-0.39, 0.29) is 5.78 Å². The summed E-state index contributed by atoms with van der Waals surface area (Å²) in [4.78, 5) is 11.2. The maximum absolute atomic E-state index is 11.2. The summed E-state index contributed by atoms with van der Waals surface area (Å²) >= 11 is 9.22. The molecule has 0 saturated heterocycles. The molecule has 58 heavy (non-hydrogen) atoms. The topological polar surface area (TPSA) is 37.3 Å². The van der Waals surface area contributed by atoms with Gasteiger partial charge in [0, 0.05) is 15.1 Å². The Balaban J connectivity index is -0.000000659. The molecule has 0 heterocycles. The molecule has 5 aromatic rings. The molecule has 0 saturated carbocycles. The van der Waals surface area contributed by atoms with Crippen LogP contribution in [0.15, 0.2) is 120 Å². The highest BCUT2D eigenvalue weighted by Gasteiger charge is 2.08. The van der Waals surface area contributed by atoms with Gasteiger partial charge in [-0.2, -0.15) is 0 Å². The number of benzene rings is 5. The predicted molar refractivity (Wildman–Crippen MR) is 268 cm³/mol. The van der Waals surface area contributed by atoms with Crippen LogP contribution in [-0.2, 0) is 0 Å². The van der Waals surface area contributed by atoms with Crippen molar-refractivity contribution in [2.75, 3.05) is 6.61 Å². The maximum Gasteiger partial charge on any atom is 0.188 e. The lowest BCUT2D eigenvalue weighted by molar-refractivity contribution is 0.0903. The van der Waals surface area contributed by atoms with E-state index in [1.165, 1.54) is 51.2 Å². The summed E-state index contributed by atoms with van der Waals surface area (Å²) in [6.07, 6.45) is 4.64. The van der Waals surface area contributed by atoms with Gasteiger partial charge in [0.05, 0.1) is 0 Å². The second-order valence-electron chi connectivity index (χ2n) is 13.1. The summed E-state index contributed by atoms with van der Waals surface area (Å²) in [5.74, 6) is 2.22. The fourth-order valence-corrected chi connectivity index (χ4v) is 5.86. The summed E-state index contributed by atoms with van der Waals surface area (Å²) in [5.41, 5.74) is 6.03. The number of rotatable bonds is 10. The average molecular weight is 879 g/mol. The SMILES string of the molecule is CC.CC.CC.CC.CCC(C)c1ccc(Cl)cc1.CCC(C)c1cccc(Br)c1.CCC(C)c1cccc(C(=O)CO)c1.CCC(C)c1cccc2ccccc12. The van der Waals surface area contributed by atoms with E-state index < -0.39 is 6.61 Å². The number of Topliss-reactive ketones (excluding diaryl/α,β-unsaturated/α-hetero) is 1. The molecule has 5 aromatic carbocycles. The van der Waals surface area contributed by atoms with Gasteiger partial charge >= 0.3 is 0 Å². The van der Waals surface area contributed by atoms with E-state index in [0.717, 1.165) is 17.0 Å². The van der Waals surface area contributed by atoms with Gasteiger partial charge in [0.2, 0.25) is 0 Å². The van der Waals surface area contributed by atoms with Crippen LogP contribution < -0.4 is 0 Å². The molecule has 0 aromatic heterocycles. The molecule has 0 aliphatic rings. The number of carbonyl (C=O) groups is 1. The molecule has 324 valence electrons. The van der Waals surface area contributed by atoms with Crippen LogP contribution in [0.4, 0.5) is 0 Å². The predicted octanol–water partition coefficient (Wildman–Crippen LogP) is 18.6. The Morgan fingerprint density at radius 1 is 0.534 bits per heavy atom. The van der Waals surface area contributed by atoms with Crippen LogP contribution >= 0.6 is 27.5 Å². The number of hydrogen-bond donors (Lipinski definition) is 1. The highest BCUT2D eigenvalue weighted by molar-refractivity contribution is 9.10. The van der Waals surface area contributed by atoms with E-state index in [9.17, 15) is 4.79 Å². The molecule has 0 spiro atoms. The van der Waals surface area contributed by atoms with Gasteiger partial charge in [-0.3, -0.25) is 4.79 Å². The van der Waals surface area contributed by atoms with Crippen LogP contribution in [0.1, 0.15) is 193 Å². The first-order chi connectivity index (χ1) is 28.0. The van der Waals surface area contributed by atoms with Crippen molar-refractivity contribution in [3.05, 3.63) is 153 Å². The van der Waals surface area contributed by atoms with Gasteiger partial charge in [0.15, 0.2) is 5.78 Å². The molecule has 0 radical (unpaired) electrons. The zero-order valence-corrected chi connectivity index (χ0v) is 41.8. The molecule has 4 atom stereocenters. The summed E-state index contributed by atoms with van der Waals surface area (Å²) in [6, 6.07) is 39.3. The van der Waals surface area contributed by atoms with E-state index in [2.05, 4.69) is 150 Å². The van der Waals surface area contributed by atoms with Gasteiger partial charge in [0.25, 0.3) is 0 Å². The van der Waals surface area contributed by atoms with Crippen LogP contribution in [0.2, 0.25) is 5.02 Å². The summed E-state index contributed by atoms with van der Waals surface area (Å²) < 4.78 is 1.18. The average Bonchev–Trinajstić information content (AvgIpc) is 3.31. The van der Waals surface area contributed by atoms with Gasteiger partial charge in [-0.05, 0) is 113 Å². The molecule has 0 fully saturated rings. The Bertz CT molecular complexity index is 1690. The van der Waals surface area contributed by atoms with Crippen molar-refractivity contribution in [2.45, 2.75) is 160 Å². The van der Waals surface area contributed by atoms with Gasteiger partial charge in [0.1, 0.15) is 6.61 Å². The first kappa shape index (κ1) is 59.1. The molecular formula is C54H82BrClO2. The van der Waals surface area contributed by atoms with Crippen LogP contribution in [-0.4, -0.2) is 17.5 Å². The monoisotopic (exact) mass is 877 g/mol. The maximum atomic E-state index is 11.2. The lowest BCUT2D eigenvalue weighted by atomic mass is 9.93. The zero-order chi connectivity index (χ0) is 45.1. The number of aliphatic hydroxyl groups is 1. The van der Waals surface area contributed by atoms with Crippen molar-refractivity contribution in [3.8, 4) is 0 Å². The van der Waals surface area contributed by atoms with Gasteiger partial charge in [-0.15, -0.1) is 0 Å². The summed E-state index contributed by atoms with van der Waals surface area (Å²) in [6.45, 7) is 33.3. The van der Waals surface area contributed by atoms with Crippen molar-refractivity contribution in [2.24, 2.45) is 0 Å². The molecule has 5 rings (SSSR count). The summed E-state index contributed by atoms with van der Waals surface area (Å²) in [5, 5.41) is 12.3. The van der Waals surface area contributed by atoms with E-state index in [0.29, 0.717) is 29.2 Å². The van der Waals surface area contributed by atoms with E-state index >= 15 is 0 Å². The minimum Gasteiger partial charge on any atom is -0.388 e. The summed E-state index contributed by atoms with van der Waals surface area (Å²) in [7, 11) is 0. The number of halogens is 2. The van der Waals surface area contributed by atoms with Gasteiger partial charge < -0.3 is 5.11 Å². The van der Waals surface area contributed by atoms with E-state index in [4.69, 9.17) is 16.7 Å². The molecular weight excluding hydrogens is 796 g/mol. The van der Waals surface area contributed by atoms with Crippen LogP contribution in [0.3, 0.4) is 0 Å². The van der Waals surface area contributed by atoms with Crippen molar-refractivity contribution < 1.29 is 9.90 Å². The number of fused-ring (bicyclic) bond motifs is 1. The molecule has 4 heteroatoms. The van der Waals surface area contributed by atoms with E-state index in [1.807, 2.05) is 85.7 Å². The zero-order valence-electron chi connectivity index (χ0n) is 39.4. The van der Waals surface area contributed by atoms with Crippen LogP contribution in [0.25, 0.3) is 10.8 Å². The Labute approximate surface area is 371 Å². The molecule has 0 amide bonds. The van der Waals surface area contributed by atoms with E-state index in [1.54, 1.807) is 6.07 Å². The number of carbonyl (C=O) groups excluding carboxylic acids is 1. The molecule has 2 nitrogen and oxygen atoms in total. The lowest BCUT2D eigenvalue weighted by Gasteiger charge is -2.12. The van der Waals surface area contributed by atoms with Crippen LogP contribution in [0, 0.1) is 0 Å². The minimum atomic E-state index is -0.413. The third kappa shape index (κ3) is 23.4. The van der Waals surface area contributed by atoms with Gasteiger partial charge in [-0.1, -0.05) is 223 Å². The largest absolute Gasteiger partial charge is 0.388 e. The number of hydrogen-bond acceptors (Lipinski definition) is 2. The highest BCUT2D eigenvalue weighted by atomic mass is 79.9. The fourth-order valence-electron chi connectivity index (χ4n) is 5.32. The Hall–Kier alpha value is -3.24. The Morgan fingerprint density at radius 2 is 0.966 bits per heavy atom. The van der Waals surface area contributed by atoms with Crippen molar-refractivity contribution in [1.29, 1.82) is 0 Å². The smallest absolute Gasteiger partial charge is 0.188 e. The number of ketones is 1. The highest BCUT2D eigenvalue weighted by Crippen LogP contribution is 2.27. The molecule has 1 N–H and O–H groups in total. The molecule has 0 aliphatic heterocycles. The Kier molecular flexibility index (Phi) is 38.7. The molecule has 0 aliphatic carbocycles. The third-order valence-electron chi connectivity index (χ3n) is 9.58. The first-order valence-corrected chi connectivity index (χ1v) is 23.4. The second kappa shape index (κ2) is 38.0. The van der Waals surface area contributed by atoms with Crippen molar-refractivity contribution in [3.63, 3.8) is 0 Å². The second-order valence-corrected chi connectivity index (χ2v) is 14.5. The first-order valence-electron chi connectivity index (χ1n) is 22.2. The minimum absolute atomic E-state index is 0.213.